The Bertz CT molecular complexity index is 587. The van der Waals surface area contributed by atoms with E-state index >= 15 is 0 Å². The fraction of sp³-hybridized carbons (Fsp3) is 0.0833. The first-order valence-corrected chi connectivity index (χ1v) is 5.15. The van der Waals surface area contributed by atoms with Gasteiger partial charge in [-0.2, -0.15) is 0 Å². The van der Waals surface area contributed by atoms with Crippen LogP contribution in [0.15, 0.2) is 36.8 Å². The van der Waals surface area contributed by atoms with E-state index < -0.39 is 0 Å². The van der Waals surface area contributed by atoms with Crippen LogP contribution in [0, 0.1) is 6.07 Å². The van der Waals surface area contributed by atoms with Crippen LogP contribution in [0.4, 0.5) is 0 Å². The van der Waals surface area contributed by atoms with Crippen LogP contribution in [0.5, 0.6) is 5.75 Å². The van der Waals surface area contributed by atoms with Crippen LogP contribution in [0.2, 0.25) is 0 Å². The first-order chi connectivity index (χ1) is 8.42. The summed E-state index contributed by atoms with van der Waals surface area (Å²) in [7, 11) is 0. The summed E-state index contributed by atoms with van der Waals surface area (Å²) >= 11 is 0. The molecule has 2 aromatic heterocycles. The van der Waals surface area contributed by atoms with Crippen molar-refractivity contribution in [3.8, 4) is 5.75 Å². The minimum atomic E-state index is 0.375. The molecule has 5 heteroatoms. The summed E-state index contributed by atoms with van der Waals surface area (Å²) in [6.45, 7) is 0.375. The fourth-order valence-electron chi connectivity index (χ4n) is 1.50. The number of benzene rings is 1. The number of H-pyrrole nitrogens is 1. The van der Waals surface area contributed by atoms with E-state index in [1.54, 1.807) is 18.3 Å². The van der Waals surface area contributed by atoms with Crippen LogP contribution >= 0.6 is 0 Å². The Balaban J connectivity index is 1.77. The molecule has 3 rings (SSSR count). The Hall–Kier alpha value is -2.43. The van der Waals surface area contributed by atoms with Crippen molar-refractivity contribution in [2.45, 2.75) is 6.61 Å². The molecule has 0 fully saturated rings. The molecule has 1 N–H and O–H groups in total. The molecule has 0 aliphatic carbocycles. The van der Waals surface area contributed by atoms with E-state index in [1.807, 2.05) is 12.1 Å². The van der Waals surface area contributed by atoms with Gasteiger partial charge in [0, 0.05) is 0 Å². The number of imidazole rings is 1. The number of rotatable bonds is 3. The van der Waals surface area contributed by atoms with Gasteiger partial charge in [0.1, 0.15) is 30.0 Å². The molecule has 0 unspecified atom stereocenters. The second kappa shape index (κ2) is 4.21. The van der Waals surface area contributed by atoms with Crippen molar-refractivity contribution in [1.82, 2.24) is 19.9 Å². The van der Waals surface area contributed by atoms with Gasteiger partial charge in [0.25, 0.3) is 0 Å². The molecule has 0 atom stereocenters. The lowest BCUT2D eigenvalue weighted by Crippen LogP contribution is -1.96. The zero-order chi connectivity index (χ0) is 11.5. The van der Waals surface area contributed by atoms with Gasteiger partial charge in [0.05, 0.1) is 6.20 Å². The highest BCUT2D eigenvalue weighted by Gasteiger charge is 2.03. The van der Waals surface area contributed by atoms with Crippen molar-refractivity contribution in [1.29, 1.82) is 0 Å². The SMILES string of the molecule is [c]1ccc(OCc2nc3ncncc3[nH]2)cc1. The first kappa shape index (κ1) is 9.77. The standard InChI is InChI=1S/C12H9N4O/c1-2-4-9(5-3-1)17-7-11-15-10-6-13-8-14-12(10)16-11/h2-6,8H,7H2,(H,13,14,15,16). The summed E-state index contributed by atoms with van der Waals surface area (Å²) in [4.78, 5) is 15.3. The number of nitrogens with one attached hydrogen (secondary N) is 1. The molecular weight excluding hydrogens is 216 g/mol. The highest BCUT2D eigenvalue weighted by Crippen LogP contribution is 2.11. The van der Waals surface area contributed by atoms with Crippen LogP contribution in [-0.4, -0.2) is 19.9 Å². The molecule has 0 saturated carbocycles. The smallest absolute Gasteiger partial charge is 0.180 e. The number of nitrogens with zero attached hydrogens (tertiary/aromatic N) is 3. The van der Waals surface area contributed by atoms with Crippen molar-refractivity contribution in [2.75, 3.05) is 0 Å². The van der Waals surface area contributed by atoms with E-state index in [4.69, 9.17) is 4.74 Å². The second-order valence-corrected chi connectivity index (χ2v) is 3.47. The Labute approximate surface area is 97.5 Å². The second-order valence-electron chi connectivity index (χ2n) is 3.47. The van der Waals surface area contributed by atoms with Gasteiger partial charge >= 0.3 is 0 Å². The minimum absolute atomic E-state index is 0.375. The van der Waals surface area contributed by atoms with E-state index in [0.717, 1.165) is 17.1 Å². The number of fused-ring (bicyclic) bond motifs is 1. The molecule has 1 aromatic carbocycles. The van der Waals surface area contributed by atoms with Crippen LogP contribution in [0.3, 0.4) is 0 Å². The maximum absolute atomic E-state index is 5.56. The van der Waals surface area contributed by atoms with Crippen molar-refractivity contribution in [3.05, 3.63) is 48.7 Å². The fourth-order valence-corrected chi connectivity index (χ4v) is 1.50. The van der Waals surface area contributed by atoms with Crippen LogP contribution in [0.1, 0.15) is 5.82 Å². The summed E-state index contributed by atoms with van der Waals surface area (Å²) in [5.41, 5.74) is 1.47. The normalized spacial score (nSPS) is 10.6. The highest BCUT2D eigenvalue weighted by molar-refractivity contribution is 5.68. The van der Waals surface area contributed by atoms with E-state index in [1.165, 1.54) is 6.33 Å². The van der Waals surface area contributed by atoms with Crippen molar-refractivity contribution >= 4 is 11.2 Å². The number of ether oxygens (including phenoxy) is 1. The summed E-state index contributed by atoms with van der Waals surface area (Å²) < 4.78 is 5.56. The summed E-state index contributed by atoms with van der Waals surface area (Å²) in [6, 6.07) is 10.2. The quantitative estimate of drug-likeness (QED) is 0.737. The van der Waals surface area contributed by atoms with E-state index in [-0.39, 0.29) is 0 Å². The third-order valence-electron chi connectivity index (χ3n) is 2.27. The Morgan fingerprint density at radius 2 is 2.18 bits per heavy atom. The average molecular weight is 225 g/mol. The third kappa shape index (κ3) is 2.08. The van der Waals surface area contributed by atoms with Crippen molar-refractivity contribution in [2.24, 2.45) is 0 Å². The lowest BCUT2D eigenvalue weighted by molar-refractivity contribution is 0.297. The topological polar surface area (TPSA) is 63.7 Å². The van der Waals surface area contributed by atoms with Gasteiger partial charge in [-0.05, 0) is 18.2 Å². The number of aromatic amines is 1. The number of hydrogen-bond donors (Lipinski definition) is 1. The molecule has 17 heavy (non-hydrogen) atoms. The highest BCUT2D eigenvalue weighted by atomic mass is 16.5. The van der Waals surface area contributed by atoms with Gasteiger partial charge in [-0.3, -0.25) is 0 Å². The van der Waals surface area contributed by atoms with Crippen LogP contribution < -0.4 is 4.74 Å². The maximum atomic E-state index is 5.56. The molecule has 0 aliphatic heterocycles. The molecule has 3 aromatic rings. The minimum Gasteiger partial charge on any atom is -0.486 e. The van der Waals surface area contributed by atoms with Crippen LogP contribution in [0.25, 0.3) is 11.2 Å². The third-order valence-corrected chi connectivity index (χ3v) is 2.27. The molecule has 0 amide bonds. The number of hydrogen-bond acceptors (Lipinski definition) is 4. The van der Waals surface area contributed by atoms with Gasteiger partial charge in [-0.1, -0.05) is 12.1 Å². The molecule has 2 heterocycles. The molecule has 5 nitrogen and oxygen atoms in total. The van der Waals surface area contributed by atoms with Gasteiger partial charge in [0.2, 0.25) is 0 Å². The van der Waals surface area contributed by atoms with Gasteiger partial charge in [0.15, 0.2) is 5.65 Å². The van der Waals surface area contributed by atoms with Gasteiger partial charge < -0.3 is 9.72 Å². The van der Waals surface area contributed by atoms with Crippen molar-refractivity contribution < 1.29 is 4.74 Å². The average Bonchev–Trinajstić information content (AvgIpc) is 2.80. The predicted octanol–water partition coefficient (Wildman–Crippen LogP) is 1.73. The summed E-state index contributed by atoms with van der Waals surface area (Å²) in [5, 5.41) is 0. The molecular formula is C12H9N4O. The predicted molar refractivity (Wildman–Crippen MR) is 61.3 cm³/mol. The molecule has 0 bridgehead atoms. The lowest BCUT2D eigenvalue weighted by Gasteiger charge is -2.02. The summed E-state index contributed by atoms with van der Waals surface area (Å²) in [6.07, 6.45) is 3.16. The zero-order valence-electron chi connectivity index (χ0n) is 8.92. The monoisotopic (exact) mass is 225 g/mol. The molecule has 0 spiro atoms. The summed E-state index contributed by atoms with van der Waals surface area (Å²) in [5.74, 6) is 1.52. The Morgan fingerprint density at radius 3 is 3.00 bits per heavy atom. The van der Waals surface area contributed by atoms with E-state index in [2.05, 4.69) is 26.0 Å². The van der Waals surface area contributed by atoms with E-state index in [9.17, 15) is 0 Å². The van der Waals surface area contributed by atoms with Gasteiger partial charge in [-0.15, -0.1) is 0 Å². The molecule has 83 valence electrons. The van der Waals surface area contributed by atoms with E-state index in [0.29, 0.717) is 12.3 Å². The lowest BCUT2D eigenvalue weighted by atomic mass is 10.3. The maximum Gasteiger partial charge on any atom is 0.180 e. The van der Waals surface area contributed by atoms with Crippen LogP contribution in [-0.2, 0) is 6.61 Å². The molecule has 0 aliphatic rings. The largest absolute Gasteiger partial charge is 0.486 e. The Kier molecular flexibility index (Phi) is 2.42. The number of aromatic nitrogens is 4. The van der Waals surface area contributed by atoms with Gasteiger partial charge in [-0.25, -0.2) is 15.0 Å². The molecule has 0 saturated heterocycles. The van der Waals surface area contributed by atoms with Crippen molar-refractivity contribution in [3.63, 3.8) is 0 Å². The molecule has 1 radical (unpaired) electrons. The first-order valence-electron chi connectivity index (χ1n) is 5.15. The Morgan fingerprint density at radius 1 is 1.29 bits per heavy atom. The zero-order valence-corrected chi connectivity index (χ0v) is 8.92.